The summed E-state index contributed by atoms with van der Waals surface area (Å²) in [6.45, 7) is 3.56. The second kappa shape index (κ2) is 7.01. The summed E-state index contributed by atoms with van der Waals surface area (Å²) < 4.78 is 0. The van der Waals surface area contributed by atoms with E-state index in [1.165, 1.54) is 18.2 Å². The highest BCUT2D eigenvalue weighted by Crippen LogP contribution is 2.13. The Kier molecular flexibility index (Phi) is 5.65. The van der Waals surface area contributed by atoms with Crippen LogP contribution < -0.4 is 15.8 Å². The van der Waals surface area contributed by atoms with Gasteiger partial charge in [-0.3, -0.25) is 10.2 Å². The SMILES string of the molecule is CC(=O)NN[C@H](C)CCc1ccc(N(C)C)cc1. The standard InChI is InChI=1S/C14H23N3O/c1-11(15-16-12(2)18)5-6-13-7-9-14(10-8-13)17(3)4/h7-11,15H,5-6H2,1-4H3,(H,16,18)/t11-/m1/s1. The molecule has 2 N–H and O–H groups in total. The van der Waals surface area contributed by atoms with Crippen molar-refractivity contribution < 1.29 is 4.79 Å². The second-order valence-corrected chi connectivity index (χ2v) is 4.83. The van der Waals surface area contributed by atoms with Gasteiger partial charge in [0.15, 0.2) is 0 Å². The quantitative estimate of drug-likeness (QED) is 0.754. The highest BCUT2D eigenvalue weighted by Gasteiger charge is 2.03. The number of amides is 1. The third kappa shape index (κ3) is 5.19. The molecule has 4 heteroatoms. The van der Waals surface area contributed by atoms with Crippen molar-refractivity contribution in [1.29, 1.82) is 0 Å². The van der Waals surface area contributed by atoms with E-state index in [1.807, 2.05) is 14.1 Å². The Hall–Kier alpha value is -1.55. The van der Waals surface area contributed by atoms with Crippen molar-refractivity contribution >= 4 is 11.6 Å². The molecule has 0 aliphatic rings. The summed E-state index contributed by atoms with van der Waals surface area (Å²) in [6, 6.07) is 8.83. The van der Waals surface area contributed by atoms with Gasteiger partial charge < -0.3 is 4.90 Å². The smallest absolute Gasteiger partial charge is 0.230 e. The summed E-state index contributed by atoms with van der Waals surface area (Å²) >= 11 is 0. The van der Waals surface area contributed by atoms with Crippen LogP contribution in [0.2, 0.25) is 0 Å². The molecule has 18 heavy (non-hydrogen) atoms. The molecule has 0 aliphatic carbocycles. The molecule has 0 aliphatic heterocycles. The van der Waals surface area contributed by atoms with E-state index in [0.717, 1.165) is 12.8 Å². The van der Waals surface area contributed by atoms with Gasteiger partial charge in [-0.15, -0.1) is 0 Å². The molecule has 1 aromatic carbocycles. The molecule has 0 spiro atoms. The number of hydrogen-bond acceptors (Lipinski definition) is 3. The molecule has 0 aromatic heterocycles. The number of benzene rings is 1. The lowest BCUT2D eigenvalue weighted by Gasteiger charge is -2.15. The monoisotopic (exact) mass is 249 g/mol. The predicted molar refractivity (Wildman–Crippen MR) is 75.5 cm³/mol. The van der Waals surface area contributed by atoms with Gasteiger partial charge in [-0.2, -0.15) is 0 Å². The van der Waals surface area contributed by atoms with Crippen molar-refractivity contribution in [2.24, 2.45) is 0 Å². The van der Waals surface area contributed by atoms with Crippen LogP contribution in [0.1, 0.15) is 25.8 Å². The Morgan fingerprint density at radius 1 is 1.28 bits per heavy atom. The highest BCUT2D eigenvalue weighted by atomic mass is 16.2. The zero-order chi connectivity index (χ0) is 13.5. The number of hydrazine groups is 1. The van der Waals surface area contributed by atoms with Crippen LogP contribution in [0.25, 0.3) is 0 Å². The third-order valence-electron chi connectivity index (χ3n) is 2.81. The van der Waals surface area contributed by atoms with E-state index in [1.54, 1.807) is 0 Å². The number of carbonyl (C=O) groups excluding carboxylic acids is 1. The molecule has 1 amide bonds. The van der Waals surface area contributed by atoms with Crippen LogP contribution >= 0.6 is 0 Å². The maximum Gasteiger partial charge on any atom is 0.230 e. The Morgan fingerprint density at radius 2 is 1.89 bits per heavy atom. The van der Waals surface area contributed by atoms with Gasteiger partial charge in [0.2, 0.25) is 5.91 Å². The van der Waals surface area contributed by atoms with Gasteiger partial charge in [0.1, 0.15) is 0 Å². The average molecular weight is 249 g/mol. The summed E-state index contributed by atoms with van der Waals surface area (Å²) in [5.41, 5.74) is 8.11. The van der Waals surface area contributed by atoms with E-state index < -0.39 is 0 Å². The highest BCUT2D eigenvalue weighted by molar-refractivity contribution is 5.72. The zero-order valence-corrected chi connectivity index (χ0v) is 11.7. The number of anilines is 1. The van der Waals surface area contributed by atoms with E-state index in [4.69, 9.17) is 0 Å². The number of rotatable bonds is 6. The zero-order valence-electron chi connectivity index (χ0n) is 11.7. The number of aryl methyl sites for hydroxylation is 1. The molecular weight excluding hydrogens is 226 g/mol. The lowest BCUT2D eigenvalue weighted by molar-refractivity contribution is -0.120. The van der Waals surface area contributed by atoms with Crippen LogP contribution in [0.15, 0.2) is 24.3 Å². The number of carbonyl (C=O) groups is 1. The predicted octanol–water partition coefficient (Wildman–Crippen LogP) is 1.71. The summed E-state index contributed by atoms with van der Waals surface area (Å²) in [7, 11) is 4.07. The molecule has 0 fully saturated rings. The molecule has 1 atom stereocenters. The van der Waals surface area contributed by atoms with Crippen LogP contribution in [0.5, 0.6) is 0 Å². The Morgan fingerprint density at radius 3 is 2.39 bits per heavy atom. The fourth-order valence-corrected chi connectivity index (χ4v) is 1.64. The molecular formula is C14H23N3O. The van der Waals surface area contributed by atoms with E-state index in [2.05, 4.69) is 46.9 Å². The maximum absolute atomic E-state index is 10.7. The molecule has 0 heterocycles. The largest absolute Gasteiger partial charge is 0.378 e. The van der Waals surface area contributed by atoms with E-state index in [9.17, 15) is 4.79 Å². The lowest BCUT2D eigenvalue weighted by atomic mass is 10.1. The van der Waals surface area contributed by atoms with Crippen molar-refractivity contribution in [2.45, 2.75) is 32.7 Å². The molecule has 0 saturated carbocycles. The number of nitrogens with zero attached hydrogens (tertiary/aromatic N) is 1. The molecule has 0 saturated heterocycles. The van der Waals surface area contributed by atoms with E-state index in [-0.39, 0.29) is 11.9 Å². The van der Waals surface area contributed by atoms with Crippen molar-refractivity contribution in [3.63, 3.8) is 0 Å². The van der Waals surface area contributed by atoms with Crippen molar-refractivity contribution in [3.8, 4) is 0 Å². The minimum Gasteiger partial charge on any atom is -0.378 e. The van der Waals surface area contributed by atoms with Crippen molar-refractivity contribution in [2.75, 3.05) is 19.0 Å². The van der Waals surface area contributed by atoms with Gasteiger partial charge in [0.05, 0.1) is 0 Å². The molecule has 0 unspecified atom stereocenters. The van der Waals surface area contributed by atoms with Crippen molar-refractivity contribution in [3.05, 3.63) is 29.8 Å². The molecule has 1 aromatic rings. The van der Waals surface area contributed by atoms with Gasteiger partial charge >= 0.3 is 0 Å². The first kappa shape index (κ1) is 14.5. The Balaban J connectivity index is 2.36. The van der Waals surface area contributed by atoms with Gasteiger partial charge in [-0.05, 0) is 37.5 Å². The summed E-state index contributed by atoms with van der Waals surface area (Å²) in [5.74, 6) is -0.0582. The van der Waals surface area contributed by atoms with Gasteiger partial charge in [0.25, 0.3) is 0 Å². The second-order valence-electron chi connectivity index (χ2n) is 4.83. The van der Waals surface area contributed by atoms with Gasteiger partial charge in [-0.1, -0.05) is 12.1 Å². The van der Waals surface area contributed by atoms with Crippen LogP contribution in [0, 0.1) is 0 Å². The first-order chi connectivity index (χ1) is 8.49. The molecule has 0 radical (unpaired) electrons. The first-order valence-corrected chi connectivity index (χ1v) is 6.27. The Bertz CT molecular complexity index is 373. The normalized spacial score (nSPS) is 12.0. The van der Waals surface area contributed by atoms with Crippen molar-refractivity contribution in [1.82, 2.24) is 10.9 Å². The maximum atomic E-state index is 10.7. The van der Waals surface area contributed by atoms with E-state index in [0.29, 0.717) is 0 Å². The number of nitrogens with one attached hydrogen (secondary N) is 2. The minimum atomic E-state index is -0.0582. The van der Waals surface area contributed by atoms with E-state index >= 15 is 0 Å². The molecule has 4 nitrogen and oxygen atoms in total. The third-order valence-corrected chi connectivity index (χ3v) is 2.81. The van der Waals surface area contributed by atoms with Crippen LogP contribution in [0.3, 0.4) is 0 Å². The lowest BCUT2D eigenvalue weighted by Crippen LogP contribution is -2.41. The fourth-order valence-electron chi connectivity index (χ4n) is 1.64. The van der Waals surface area contributed by atoms with Crippen LogP contribution in [-0.4, -0.2) is 26.0 Å². The molecule has 0 bridgehead atoms. The number of hydrogen-bond donors (Lipinski definition) is 2. The molecule has 1 rings (SSSR count). The topological polar surface area (TPSA) is 44.4 Å². The van der Waals surface area contributed by atoms with Gasteiger partial charge in [0, 0.05) is 32.7 Å². The fraction of sp³-hybridized carbons (Fsp3) is 0.500. The summed E-state index contributed by atoms with van der Waals surface area (Å²) in [6.07, 6.45) is 1.99. The van der Waals surface area contributed by atoms with Gasteiger partial charge in [-0.25, -0.2) is 5.43 Å². The van der Waals surface area contributed by atoms with Crippen LogP contribution in [0.4, 0.5) is 5.69 Å². The summed E-state index contributed by atoms with van der Waals surface area (Å²) in [4.78, 5) is 12.8. The Labute approximate surface area is 109 Å². The first-order valence-electron chi connectivity index (χ1n) is 6.27. The minimum absolute atomic E-state index is 0.0582. The molecule has 100 valence electrons. The summed E-state index contributed by atoms with van der Waals surface area (Å²) in [5, 5.41) is 0. The van der Waals surface area contributed by atoms with Crippen LogP contribution in [-0.2, 0) is 11.2 Å². The average Bonchev–Trinajstić information content (AvgIpc) is 2.34.